The quantitative estimate of drug-likeness (QED) is 0.924. The highest BCUT2D eigenvalue weighted by Gasteiger charge is 2.08. The van der Waals surface area contributed by atoms with E-state index < -0.39 is 0 Å². The molecule has 0 aliphatic rings. The van der Waals surface area contributed by atoms with Crippen LogP contribution in [0.5, 0.6) is 0 Å². The summed E-state index contributed by atoms with van der Waals surface area (Å²) in [6, 6.07) is 11.6. The fourth-order valence-electron chi connectivity index (χ4n) is 2.20. The van der Waals surface area contributed by atoms with Crippen molar-refractivity contribution in [1.82, 2.24) is 4.98 Å². The highest BCUT2D eigenvalue weighted by molar-refractivity contribution is 5.47. The number of aliphatic hydroxyl groups is 1. The molecule has 0 saturated heterocycles. The molecular formula is C16H17N3O. The molecule has 1 aromatic heterocycles. The zero-order valence-corrected chi connectivity index (χ0v) is 11.7. The van der Waals surface area contributed by atoms with Gasteiger partial charge in [0.15, 0.2) is 0 Å². The van der Waals surface area contributed by atoms with Crippen molar-refractivity contribution >= 4 is 5.82 Å². The van der Waals surface area contributed by atoms with Crippen LogP contribution >= 0.6 is 0 Å². The molecule has 2 aromatic rings. The van der Waals surface area contributed by atoms with E-state index in [2.05, 4.69) is 11.1 Å². The molecule has 0 atom stereocenters. The number of nitrogens with zero attached hydrogens (tertiary/aromatic N) is 3. The molecule has 4 heteroatoms. The standard InChI is InChI=1S/C16H17N3O/c1-12-6-15(11-20)9-18-16(12)19(2)10-14-5-3-4-13(7-14)8-17/h3-7,9,20H,10-11H2,1-2H3. The minimum atomic E-state index is 0.00203. The third-order valence-corrected chi connectivity index (χ3v) is 3.13. The Morgan fingerprint density at radius 3 is 2.75 bits per heavy atom. The Morgan fingerprint density at radius 2 is 2.10 bits per heavy atom. The molecule has 0 bridgehead atoms. The molecule has 0 spiro atoms. The van der Waals surface area contributed by atoms with Gasteiger partial charge in [0.1, 0.15) is 5.82 Å². The summed E-state index contributed by atoms with van der Waals surface area (Å²) in [5.74, 6) is 0.879. The molecule has 102 valence electrons. The maximum absolute atomic E-state index is 9.10. The van der Waals surface area contributed by atoms with Gasteiger partial charge in [0.05, 0.1) is 18.2 Å². The van der Waals surface area contributed by atoms with Gasteiger partial charge in [0, 0.05) is 19.8 Å². The van der Waals surface area contributed by atoms with Gasteiger partial charge in [-0.05, 0) is 41.8 Å². The van der Waals surface area contributed by atoms with Crippen molar-refractivity contribution in [3.05, 3.63) is 58.8 Å². The van der Waals surface area contributed by atoms with Crippen LogP contribution in [0.25, 0.3) is 0 Å². The summed E-state index contributed by atoms with van der Waals surface area (Å²) in [6.45, 7) is 2.66. The summed E-state index contributed by atoms with van der Waals surface area (Å²) in [7, 11) is 1.97. The summed E-state index contributed by atoms with van der Waals surface area (Å²) >= 11 is 0. The van der Waals surface area contributed by atoms with Crippen LogP contribution in [-0.2, 0) is 13.2 Å². The van der Waals surface area contributed by atoms with Crippen molar-refractivity contribution in [2.24, 2.45) is 0 Å². The van der Waals surface area contributed by atoms with E-state index in [1.807, 2.05) is 43.1 Å². The number of pyridine rings is 1. The number of hydrogen-bond donors (Lipinski definition) is 1. The van der Waals surface area contributed by atoms with Crippen molar-refractivity contribution < 1.29 is 5.11 Å². The molecular weight excluding hydrogens is 250 g/mol. The van der Waals surface area contributed by atoms with Crippen LogP contribution < -0.4 is 4.90 Å². The zero-order valence-electron chi connectivity index (χ0n) is 11.7. The van der Waals surface area contributed by atoms with Gasteiger partial charge in [0.25, 0.3) is 0 Å². The number of anilines is 1. The predicted octanol–water partition coefficient (Wildman–Crippen LogP) is 2.39. The van der Waals surface area contributed by atoms with Crippen LogP contribution in [0.1, 0.15) is 22.3 Å². The van der Waals surface area contributed by atoms with E-state index in [-0.39, 0.29) is 6.61 Å². The van der Waals surface area contributed by atoms with Crippen molar-refractivity contribution in [1.29, 1.82) is 5.26 Å². The number of benzene rings is 1. The maximum atomic E-state index is 9.10. The summed E-state index contributed by atoms with van der Waals surface area (Å²) < 4.78 is 0. The number of hydrogen-bond acceptors (Lipinski definition) is 4. The van der Waals surface area contributed by atoms with Crippen LogP contribution in [0, 0.1) is 18.3 Å². The second kappa shape index (κ2) is 6.18. The second-order valence-corrected chi connectivity index (χ2v) is 4.81. The Hall–Kier alpha value is -2.38. The predicted molar refractivity (Wildman–Crippen MR) is 78.2 cm³/mol. The van der Waals surface area contributed by atoms with Gasteiger partial charge >= 0.3 is 0 Å². The number of nitriles is 1. The topological polar surface area (TPSA) is 60.2 Å². The SMILES string of the molecule is Cc1cc(CO)cnc1N(C)Cc1cccc(C#N)c1. The lowest BCUT2D eigenvalue weighted by Crippen LogP contribution is -2.19. The van der Waals surface area contributed by atoms with Gasteiger partial charge in [-0.25, -0.2) is 4.98 Å². The summed E-state index contributed by atoms with van der Waals surface area (Å²) in [6.07, 6.45) is 1.69. The lowest BCUT2D eigenvalue weighted by molar-refractivity contribution is 0.281. The molecule has 0 unspecified atom stereocenters. The molecule has 0 aliphatic carbocycles. The summed E-state index contributed by atoms with van der Waals surface area (Å²) in [5, 5.41) is 18.0. The normalized spacial score (nSPS) is 10.1. The molecule has 20 heavy (non-hydrogen) atoms. The fraction of sp³-hybridized carbons (Fsp3) is 0.250. The van der Waals surface area contributed by atoms with Gasteiger partial charge in [-0.2, -0.15) is 5.26 Å². The van der Waals surface area contributed by atoms with Crippen molar-refractivity contribution in [2.75, 3.05) is 11.9 Å². The minimum absolute atomic E-state index is 0.00203. The van der Waals surface area contributed by atoms with E-state index >= 15 is 0 Å². The lowest BCUT2D eigenvalue weighted by Gasteiger charge is -2.20. The first-order valence-electron chi connectivity index (χ1n) is 6.40. The van der Waals surface area contributed by atoms with Crippen molar-refractivity contribution in [2.45, 2.75) is 20.1 Å². The lowest BCUT2D eigenvalue weighted by atomic mass is 10.1. The third-order valence-electron chi connectivity index (χ3n) is 3.13. The van der Waals surface area contributed by atoms with E-state index in [1.165, 1.54) is 0 Å². The average molecular weight is 267 g/mol. The van der Waals surface area contributed by atoms with Gasteiger partial charge < -0.3 is 10.0 Å². The van der Waals surface area contributed by atoms with E-state index in [4.69, 9.17) is 10.4 Å². The number of aromatic nitrogens is 1. The Bertz CT molecular complexity index is 646. The number of rotatable bonds is 4. The largest absolute Gasteiger partial charge is 0.392 e. The molecule has 0 aliphatic heterocycles. The van der Waals surface area contributed by atoms with Crippen LogP contribution in [0.2, 0.25) is 0 Å². The average Bonchev–Trinajstić information content (AvgIpc) is 2.47. The van der Waals surface area contributed by atoms with Crippen molar-refractivity contribution in [3.8, 4) is 6.07 Å². The van der Waals surface area contributed by atoms with Gasteiger partial charge in [-0.1, -0.05) is 12.1 Å². The van der Waals surface area contributed by atoms with Crippen LogP contribution in [-0.4, -0.2) is 17.1 Å². The molecule has 1 N–H and O–H groups in total. The molecule has 2 rings (SSSR count). The summed E-state index contributed by atoms with van der Waals surface area (Å²) in [5.41, 5.74) is 3.57. The van der Waals surface area contributed by atoms with Crippen LogP contribution in [0.3, 0.4) is 0 Å². The molecule has 1 aromatic carbocycles. The first-order valence-corrected chi connectivity index (χ1v) is 6.40. The van der Waals surface area contributed by atoms with Crippen LogP contribution in [0.15, 0.2) is 36.5 Å². The van der Waals surface area contributed by atoms with E-state index in [9.17, 15) is 0 Å². The Balaban J connectivity index is 2.19. The number of aliphatic hydroxyl groups excluding tert-OH is 1. The molecule has 0 saturated carbocycles. The van der Waals surface area contributed by atoms with E-state index in [1.54, 1.807) is 12.3 Å². The van der Waals surface area contributed by atoms with Gasteiger partial charge in [-0.15, -0.1) is 0 Å². The summed E-state index contributed by atoms with van der Waals surface area (Å²) in [4.78, 5) is 6.42. The Kier molecular flexibility index (Phi) is 4.34. The molecule has 0 amide bonds. The molecule has 1 heterocycles. The maximum Gasteiger partial charge on any atom is 0.131 e. The Morgan fingerprint density at radius 1 is 1.30 bits per heavy atom. The first-order chi connectivity index (χ1) is 9.63. The minimum Gasteiger partial charge on any atom is -0.392 e. The third kappa shape index (κ3) is 3.14. The highest BCUT2D eigenvalue weighted by Crippen LogP contribution is 2.19. The molecule has 0 radical (unpaired) electrons. The van der Waals surface area contributed by atoms with Crippen molar-refractivity contribution in [3.63, 3.8) is 0 Å². The monoisotopic (exact) mass is 267 g/mol. The smallest absolute Gasteiger partial charge is 0.131 e. The molecule has 4 nitrogen and oxygen atoms in total. The Labute approximate surface area is 118 Å². The van der Waals surface area contributed by atoms with Gasteiger partial charge in [-0.3, -0.25) is 0 Å². The number of aryl methyl sites for hydroxylation is 1. The first kappa shape index (κ1) is 14.0. The van der Waals surface area contributed by atoms with E-state index in [0.717, 1.165) is 22.5 Å². The van der Waals surface area contributed by atoms with Gasteiger partial charge in [0.2, 0.25) is 0 Å². The second-order valence-electron chi connectivity index (χ2n) is 4.81. The molecule has 0 fully saturated rings. The fourth-order valence-corrected chi connectivity index (χ4v) is 2.20. The highest BCUT2D eigenvalue weighted by atomic mass is 16.3. The zero-order chi connectivity index (χ0) is 14.5. The van der Waals surface area contributed by atoms with Crippen LogP contribution in [0.4, 0.5) is 5.82 Å². The van der Waals surface area contributed by atoms with E-state index in [0.29, 0.717) is 12.1 Å².